The van der Waals surface area contributed by atoms with Crippen molar-refractivity contribution in [2.24, 2.45) is 11.8 Å². The van der Waals surface area contributed by atoms with Crippen LogP contribution in [0.25, 0.3) is 0 Å². The normalized spacial score (nSPS) is 35.2. The van der Waals surface area contributed by atoms with Crippen LogP contribution in [0.1, 0.15) is 38.5 Å². The summed E-state index contributed by atoms with van der Waals surface area (Å²) in [5, 5.41) is 10.4. The molecule has 0 saturated heterocycles. The lowest BCUT2D eigenvalue weighted by Crippen LogP contribution is -2.29. The van der Waals surface area contributed by atoms with E-state index in [1.54, 1.807) is 0 Å². The lowest BCUT2D eigenvalue weighted by Gasteiger charge is -2.28. The molecule has 2 aliphatic carbocycles. The van der Waals surface area contributed by atoms with Crippen LogP contribution in [0.15, 0.2) is 0 Å². The second-order valence-electron chi connectivity index (χ2n) is 6.76. The predicted octanol–water partition coefficient (Wildman–Crippen LogP) is 3.66. The molecule has 2 aliphatic rings. The van der Waals surface area contributed by atoms with E-state index >= 15 is 0 Å². The van der Waals surface area contributed by atoms with Gasteiger partial charge in [-0.2, -0.15) is 0 Å². The summed E-state index contributed by atoms with van der Waals surface area (Å²) in [6, 6.07) is 0. The van der Waals surface area contributed by atoms with Crippen LogP contribution < -0.4 is 0 Å². The van der Waals surface area contributed by atoms with Crippen LogP contribution in [-0.2, 0) is 0 Å². The van der Waals surface area contributed by atoms with E-state index < -0.39 is 8.07 Å². The molecule has 15 heavy (non-hydrogen) atoms. The molecule has 0 aromatic carbocycles. The first-order chi connectivity index (χ1) is 7.00. The van der Waals surface area contributed by atoms with Crippen LogP contribution in [0.4, 0.5) is 0 Å². The van der Waals surface area contributed by atoms with Gasteiger partial charge in [-0.3, -0.25) is 0 Å². The molecular weight excluding hydrogens is 200 g/mol. The molecule has 0 heterocycles. The van der Waals surface area contributed by atoms with Gasteiger partial charge in [0.1, 0.15) is 0 Å². The Bertz CT molecular complexity index is 215. The van der Waals surface area contributed by atoms with Crippen LogP contribution in [0.3, 0.4) is 0 Å². The van der Waals surface area contributed by atoms with Gasteiger partial charge in [-0.05, 0) is 36.6 Å². The van der Waals surface area contributed by atoms with Crippen LogP contribution in [0, 0.1) is 11.8 Å². The van der Waals surface area contributed by atoms with E-state index in [1.807, 2.05) is 0 Å². The fourth-order valence-electron chi connectivity index (χ4n) is 3.41. The largest absolute Gasteiger partial charge is 0.393 e. The SMILES string of the molecule is C[Si](C)(C)[C@H]1C[C@@H]1[C@H](O)C1CCCCC1. The minimum absolute atomic E-state index is 0.0435. The summed E-state index contributed by atoms with van der Waals surface area (Å²) in [5.74, 6) is 1.32. The molecule has 0 aromatic heterocycles. The highest BCUT2D eigenvalue weighted by Crippen LogP contribution is 2.55. The third-order valence-corrected chi connectivity index (χ3v) is 7.41. The van der Waals surface area contributed by atoms with E-state index in [0.29, 0.717) is 11.8 Å². The van der Waals surface area contributed by atoms with Crippen molar-refractivity contribution >= 4 is 8.07 Å². The Morgan fingerprint density at radius 1 is 1.07 bits per heavy atom. The molecule has 1 N–H and O–H groups in total. The van der Waals surface area contributed by atoms with Gasteiger partial charge < -0.3 is 5.11 Å². The Labute approximate surface area is 95.3 Å². The molecule has 0 aliphatic heterocycles. The number of aliphatic hydroxyl groups excluding tert-OH is 1. The topological polar surface area (TPSA) is 20.2 Å². The Morgan fingerprint density at radius 3 is 2.13 bits per heavy atom. The summed E-state index contributed by atoms with van der Waals surface area (Å²) in [5.41, 5.74) is 0.912. The van der Waals surface area contributed by atoms with Gasteiger partial charge in [0.2, 0.25) is 0 Å². The Kier molecular flexibility index (Phi) is 3.27. The molecule has 1 nitrogen and oxygen atoms in total. The summed E-state index contributed by atoms with van der Waals surface area (Å²) in [6.07, 6.45) is 8.05. The predicted molar refractivity (Wildman–Crippen MR) is 67.8 cm³/mol. The van der Waals surface area contributed by atoms with Gasteiger partial charge in [-0.1, -0.05) is 38.9 Å². The summed E-state index contributed by atoms with van der Waals surface area (Å²) < 4.78 is 0. The summed E-state index contributed by atoms with van der Waals surface area (Å²) in [6.45, 7) is 7.35. The van der Waals surface area contributed by atoms with Crippen LogP contribution in [0.5, 0.6) is 0 Å². The molecule has 3 atom stereocenters. The number of hydrogen-bond donors (Lipinski definition) is 1. The van der Waals surface area contributed by atoms with E-state index in [-0.39, 0.29) is 6.10 Å². The van der Waals surface area contributed by atoms with Gasteiger partial charge in [0.05, 0.1) is 6.10 Å². The van der Waals surface area contributed by atoms with Crippen molar-refractivity contribution < 1.29 is 5.11 Å². The zero-order chi connectivity index (χ0) is 11.1. The van der Waals surface area contributed by atoms with Crippen molar-refractivity contribution in [3.8, 4) is 0 Å². The van der Waals surface area contributed by atoms with Crippen molar-refractivity contribution in [1.82, 2.24) is 0 Å². The molecule has 2 fully saturated rings. The molecule has 0 radical (unpaired) electrons. The molecule has 0 aromatic rings. The van der Waals surface area contributed by atoms with Gasteiger partial charge in [0.15, 0.2) is 0 Å². The second kappa shape index (κ2) is 4.21. The highest BCUT2D eigenvalue weighted by atomic mass is 28.3. The first kappa shape index (κ1) is 11.7. The third kappa shape index (κ3) is 2.65. The van der Waals surface area contributed by atoms with Crippen LogP contribution >= 0.6 is 0 Å². The second-order valence-corrected chi connectivity index (χ2v) is 12.2. The lowest BCUT2D eigenvalue weighted by molar-refractivity contribution is 0.0658. The average molecular weight is 226 g/mol. The molecule has 2 rings (SSSR count). The monoisotopic (exact) mass is 226 g/mol. The quantitative estimate of drug-likeness (QED) is 0.728. The first-order valence-electron chi connectivity index (χ1n) is 6.68. The van der Waals surface area contributed by atoms with Crippen molar-refractivity contribution in [1.29, 1.82) is 0 Å². The first-order valence-corrected chi connectivity index (χ1v) is 10.3. The molecule has 0 bridgehead atoms. The molecule has 88 valence electrons. The fraction of sp³-hybridized carbons (Fsp3) is 1.00. The Hall–Kier alpha value is 0.177. The molecule has 2 saturated carbocycles. The maximum absolute atomic E-state index is 10.4. The maximum Gasteiger partial charge on any atom is 0.0596 e. The van der Waals surface area contributed by atoms with Crippen molar-refractivity contribution in [2.75, 3.05) is 0 Å². The van der Waals surface area contributed by atoms with Crippen LogP contribution in [0.2, 0.25) is 25.2 Å². The van der Waals surface area contributed by atoms with E-state index in [1.165, 1.54) is 38.5 Å². The summed E-state index contributed by atoms with van der Waals surface area (Å²) in [4.78, 5) is 0. The molecule has 0 amide bonds. The maximum atomic E-state index is 10.4. The highest BCUT2D eigenvalue weighted by molar-refractivity contribution is 6.78. The molecule has 0 spiro atoms. The van der Waals surface area contributed by atoms with Crippen molar-refractivity contribution in [3.63, 3.8) is 0 Å². The van der Waals surface area contributed by atoms with E-state index in [2.05, 4.69) is 19.6 Å². The zero-order valence-electron chi connectivity index (χ0n) is 10.5. The molecule has 0 unspecified atom stereocenters. The summed E-state index contributed by atoms with van der Waals surface area (Å²) in [7, 11) is -0.973. The Morgan fingerprint density at radius 2 is 1.67 bits per heavy atom. The lowest BCUT2D eigenvalue weighted by atomic mass is 9.83. The van der Waals surface area contributed by atoms with Gasteiger partial charge in [-0.25, -0.2) is 0 Å². The van der Waals surface area contributed by atoms with E-state index in [4.69, 9.17) is 0 Å². The van der Waals surface area contributed by atoms with Crippen molar-refractivity contribution in [2.45, 2.75) is 69.8 Å². The molecule has 2 heteroatoms. The Balaban J connectivity index is 1.85. The van der Waals surface area contributed by atoms with Crippen LogP contribution in [-0.4, -0.2) is 19.3 Å². The van der Waals surface area contributed by atoms with E-state index in [9.17, 15) is 5.11 Å². The number of aliphatic hydroxyl groups is 1. The standard InChI is InChI=1S/C13H26OSi/c1-15(2,3)12-9-11(12)13(14)10-7-5-4-6-8-10/h10-14H,4-9H2,1-3H3/t11-,12-,13+/m0/s1. The van der Waals surface area contributed by atoms with Gasteiger partial charge in [0.25, 0.3) is 0 Å². The van der Waals surface area contributed by atoms with E-state index in [0.717, 1.165) is 5.54 Å². The minimum atomic E-state index is -0.973. The number of rotatable bonds is 3. The fourth-order valence-corrected chi connectivity index (χ4v) is 5.87. The highest BCUT2D eigenvalue weighted by Gasteiger charge is 2.51. The van der Waals surface area contributed by atoms with Crippen molar-refractivity contribution in [3.05, 3.63) is 0 Å². The van der Waals surface area contributed by atoms with Gasteiger partial charge in [-0.15, -0.1) is 0 Å². The van der Waals surface area contributed by atoms with Gasteiger partial charge in [0, 0.05) is 8.07 Å². The third-order valence-electron chi connectivity index (χ3n) is 4.52. The zero-order valence-corrected chi connectivity index (χ0v) is 11.5. The smallest absolute Gasteiger partial charge is 0.0596 e. The summed E-state index contributed by atoms with van der Waals surface area (Å²) >= 11 is 0. The van der Waals surface area contributed by atoms with Gasteiger partial charge >= 0.3 is 0 Å². The molecular formula is C13H26OSi. The average Bonchev–Trinajstić information content (AvgIpc) is 2.97. The number of hydrogen-bond acceptors (Lipinski definition) is 1. The minimum Gasteiger partial charge on any atom is -0.393 e.